The number of aliphatic carboxylic acids is 1. The first-order valence-corrected chi connectivity index (χ1v) is 6.65. The van der Waals surface area contributed by atoms with Crippen LogP contribution in [0.2, 0.25) is 0 Å². The number of nitrogens with zero attached hydrogens (tertiary/aromatic N) is 2. The third-order valence-electron chi connectivity index (χ3n) is 3.74. The molecule has 1 aliphatic heterocycles. The van der Waals surface area contributed by atoms with Crippen molar-refractivity contribution in [2.75, 3.05) is 13.1 Å². The van der Waals surface area contributed by atoms with Crippen molar-refractivity contribution in [3.8, 4) is 0 Å². The summed E-state index contributed by atoms with van der Waals surface area (Å²) in [4.78, 5) is 34.7. The van der Waals surface area contributed by atoms with E-state index in [0.29, 0.717) is 0 Å². The lowest BCUT2D eigenvalue weighted by Gasteiger charge is -2.30. The average molecular weight is 283 g/mol. The van der Waals surface area contributed by atoms with Gasteiger partial charge in [0.15, 0.2) is 5.70 Å². The van der Waals surface area contributed by atoms with Crippen LogP contribution in [0, 0.1) is 10.1 Å². The lowest BCUT2D eigenvalue weighted by molar-refractivity contribution is -0.427. The molecule has 0 aromatic rings. The predicted molar refractivity (Wildman–Crippen MR) is 68.2 cm³/mol. The highest BCUT2D eigenvalue weighted by Crippen LogP contribution is 2.28. The summed E-state index contributed by atoms with van der Waals surface area (Å²) in [5, 5.41) is 22.0. The minimum atomic E-state index is -1.16. The van der Waals surface area contributed by atoms with Crippen molar-refractivity contribution in [3.63, 3.8) is 0 Å². The molecule has 1 heterocycles. The largest absolute Gasteiger partial charge is 0.480 e. The van der Waals surface area contributed by atoms with Gasteiger partial charge in [-0.15, -0.1) is 0 Å². The zero-order valence-electron chi connectivity index (χ0n) is 11.0. The third-order valence-corrected chi connectivity index (χ3v) is 3.74. The summed E-state index contributed by atoms with van der Waals surface area (Å²) in [6, 6.07) is 0.0235. The first-order chi connectivity index (χ1) is 9.50. The molecule has 0 aromatic heterocycles. The number of carboxylic acid groups (broad SMARTS) is 1. The molecule has 1 fully saturated rings. The first kappa shape index (κ1) is 14.3. The molecule has 2 aliphatic rings. The quantitative estimate of drug-likeness (QED) is 0.555. The normalized spacial score (nSPS) is 20.4. The monoisotopic (exact) mass is 283 g/mol. The van der Waals surface area contributed by atoms with E-state index in [2.05, 4.69) is 5.32 Å². The fourth-order valence-corrected chi connectivity index (χ4v) is 2.76. The van der Waals surface area contributed by atoms with E-state index < -0.39 is 23.3 Å². The summed E-state index contributed by atoms with van der Waals surface area (Å²) in [7, 11) is 0. The summed E-state index contributed by atoms with van der Waals surface area (Å²) < 4.78 is 0. The van der Waals surface area contributed by atoms with Crippen molar-refractivity contribution in [2.45, 2.75) is 38.1 Å². The number of carbonyl (C=O) groups is 2. The van der Waals surface area contributed by atoms with E-state index in [4.69, 9.17) is 5.11 Å². The van der Waals surface area contributed by atoms with Crippen molar-refractivity contribution < 1.29 is 19.6 Å². The fraction of sp³-hybridized carbons (Fsp3) is 0.667. The zero-order valence-corrected chi connectivity index (χ0v) is 11.0. The van der Waals surface area contributed by atoms with E-state index in [-0.39, 0.29) is 24.0 Å². The molecular weight excluding hydrogens is 266 g/mol. The number of carbonyl (C=O) groups excluding carboxylic acids is 1. The van der Waals surface area contributed by atoms with Crippen LogP contribution in [-0.2, 0) is 9.59 Å². The van der Waals surface area contributed by atoms with Crippen LogP contribution < -0.4 is 5.32 Å². The van der Waals surface area contributed by atoms with Gasteiger partial charge in [0.05, 0.1) is 4.92 Å². The SMILES string of the molecule is O=C(O)CNC1=C([N+](=O)[O-])CN(C2CCCCC2)C1=O. The molecule has 1 saturated carbocycles. The van der Waals surface area contributed by atoms with Gasteiger partial charge in [-0.3, -0.25) is 19.7 Å². The second-order valence-electron chi connectivity index (χ2n) is 5.05. The molecule has 0 unspecified atom stereocenters. The van der Waals surface area contributed by atoms with Gasteiger partial charge in [0.1, 0.15) is 13.1 Å². The van der Waals surface area contributed by atoms with Crippen LogP contribution in [0.5, 0.6) is 0 Å². The Morgan fingerprint density at radius 2 is 2.05 bits per heavy atom. The molecule has 1 aliphatic carbocycles. The molecular formula is C12H17N3O5. The van der Waals surface area contributed by atoms with Crippen LogP contribution in [0.1, 0.15) is 32.1 Å². The van der Waals surface area contributed by atoms with Crippen molar-refractivity contribution in [3.05, 3.63) is 21.5 Å². The maximum atomic E-state index is 12.2. The second kappa shape index (κ2) is 5.89. The number of rotatable bonds is 5. The Bertz CT molecular complexity index is 468. The maximum absolute atomic E-state index is 12.2. The Morgan fingerprint density at radius 3 is 2.60 bits per heavy atom. The molecule has 8 heteroatoms. The van der Waals surface area contributed by atoms with Crippen molar-refractivity contribution >= 4 is 11.9 Å². The number of nitro groups is 1. The summed E-state index contributed by atoms with van der Waals surface area (Å²) in [6.45, 7) is -0.546. The molecule has 8 nitrogen and oxygen atoms in total. The molecule has 0 saturated heterocycles. The van der Waals surface area contributed by atoms with Crippen LogP contribution >= 0.6 is 0 Å². The smallest absolute Gasteiger partial charge is 0.322 e. The van der Waals surface area contributed by atoms with Crippen LogP contribution in [-0.4, -0.2) is 45.9 Å². The summed E-state index contributed by atoms with van der Waals surface area (Å²) in [6.07, 6.45) is 4.85. The highest BCUT2D eigenvalue weighted by Gasteiger charge is 2.41. The number of hydrogen-bond acceptors (Lipinski definition) is 5. The Balaban J connectivity index is 2.13. The molecule has 0 aromatic carbocycles. The minimum Gasteiger partial charge on any atom is -0.480 e. The fourth-order valence-electron chi connectivity index (χ4n) is 2.76. The van der Waals surface area contributed by atoms with E-state index in [1.165, 1.54) is 4.90 Å². The first-order valence-electron chi connectivity index (χ1n) is 6.65. The lowest BCUT2D eigenvalue weighted by atomic mass is 9.94. The minimum absolute atomic E-state index is 0.0235. The van der Waals surface area contributed by atoms with Gasteiger partial charge in [0.25, 0.3) is 11.6 Å². The Kier molecular flexibility index (Phi) is 4.21. The summed E-state index contributed by atoms with van der Waals surface area (Å²) >= 11 is 0. The van der Waals surface area contributed by atoms with Gasteiger partial charge in [-0.25, -0.2) is 0 Å². The van der Waals surface area contributed by atoms with Gasteiger partial charge >= 0.3 is 5.97 Å². The Labute approximate surface area is 115 Å². The predicted octanol–water partition coefficient (Wildman–Crippen LogP) is 0.324. The molecule has 0 bridgehead atoms. The van der Waals surface area contributed by atoms with Crippen LogP contribution in [0.25, 0.3) is 0 Å². The molecule has 0 radical (unpaired) electrons. The number of carboxylic acids is 1. The highest BCUT2D eigenvalue weighted by molar-refractivity contribution is 5.96. The van der Waals surface area contributed by atoms with Crippen LogP contribution in [0.15, 0.2) is 11.4 Å². The topological polar surface area (TPSA) is 113 Å². The molecule has 0 atom stereocenters. The molecule has 2 rings (SSSR count). The molecule has 0 spiro atoms. The van der Waals surface area contributed by atoms with E-state index in [0.717, 1.165) is 32.1 Å². The van der Waals surface area contributed by atoms with Gasteiger partial charge in [-0.1, -0.05) is 19.3 Å². The van der Waals surface area contributed by atoms with Gasteiger partial charge in [-0.05, 0) is 12.8 Å². The lowest BCUT2D eigenvalue weighted by Crippen LogP contribution is -2.40. The van der Waals surface area contributed by atoms with Gasteiger partial charge in [-0.2, -0.15) is 0 Å². The van der Waals surface area contributed by atoms with Crippen molar-refractivity contribution in [1.29, 1.82) is 0 Å². The summed E-state index contributed by atoms with van der Waals surface area (Å²) in [5.41, 5.74) is -0.412. The van der Waals surface area contributed by atoms with Crippen LogP contribution in [0.3, 0.4) is 0 Å². The van der Waals surface area contributed by atoms with Crippen LogP contribution in [0.4, 0.5) is 0 Å². The van der Waals surface area contributed by atoms with Crippen molar-refractivity contribution in [1.82, 2.24) is 10.2 Å². The standard InChI is InChI=1S/C12H17N3O5/c16-10(17)6-13-11-9(15(19)20)7-14(12(11)18)8-4-2-1-3-5-8/h8,13H,1-7H2,(H,16,17). The maximum Gasteiger partial charge on any atom is 0.322 e. The average Bonchev–Trinajstić information content (AvgIpc) is 2.75. The van der Waals surface area contributed by atoms with E-state index in [9.17, 15) is 19.7 Å². The van der Waals surface area contributed by atoms with E-state index in [1.807, 2.05) is 0 Å². The van der Waals surface area contributed by atoms with Gasteiger partial charge < -0.3 is 15.3 Å². The second-order valence-corrected chi connectivity index (χ2v) is 5.05. The van der Waals surface area contributed by atoms with E-state index >= 15 is 0 Å². The molecule has 2 N–H and O–H groups in total. The molecule has 110 valence electrons. The number of hydrogen-bond donors (Lipinski definition) is 2. The van der Waals surface area contributed by atoms with Gasteiger partial charge in [0, 0.05) is 6.04 Å². The highest BCUT2D eigenvalue weighted by atomic mass is 16.6. The zero-order chi connectivity index (χ0) is 14.7. The van der Waals surface area contributed by atoms with Gasteiger partial charge in [0.2, 0.25) is 0 Å². The van der Waals surface area contributed by atoms with Crippen molar-refractivity contribution in [2.24, 2.45) is 0 Å². The Morgan fingerprint density at radius 1 is 1.40 bits per heavy atom. The Hall–Kier alpha value is -2.12. The van der Waals surface area contributed by atoms with E-state index in [1.54, 1.807) is 0 Å². The molecule has 20 heavy (non-hydrogen) atoms. The number of amides is 1. The number of nitrogens with one attached hydrogen (secondary N) is 1. The molecule has 1 amide bonds. The summed E-state index contributed by atoms with van der Waals surface area (Å²) in [5.74, 6) is -1.62. The third kappa shape index (κ3) is 2.89.